The molecular formula is C23H24N4O2. The third-order valence-electron chi connectivity index (χ3n) is 5.16. The summed E-state index contributed by atoms with van der Waals surface area (Å²) < 4.78 is 1.96. The number of hydrogen-bond acceptors (Lipinski definition) is 3. The number of carbonyl (C=O) groups is 2. The van der Waals surface area contributed by atoms with Gasteiger partial charge in [0.1, 0.15) is 0 Å². The number of anilines is 2. The van der Waals surface area contributed by atoms with Crippen LogP contribution in [-0.2, 0) is 11.3 Å². The van der Waals surface area contributed by atoms with Crippen LogP contribution in [0.1, 0.15) is 40.2 Å². The third-order valence-corrected chi connectivity index (χ3v) is 5.16. The lowest BCUT2D eigenvalue weighted by atomic mass is 10.1. The highest BCUT2D eigenvalue weighted by Crippen LogP contribution is 2.23. The van der Waals surface area contributed by atoms with E-state index < -0.39 is 0 Å². The number of nitrogens with one attached hydrogen (secondary N) is 1. The molecule has 0 radical (unpaired) electrons. The van der Waals surface area contributed by atoms with Crippen molar-refractivity contribution >= 4 is 23.2 Å². The van der Waals surface area contributed by atoms with Crippen LogP contribution in [0.25, 0.3) is 0 Å². The van der Waals surface area contributed by atoms with Crippen LogP contribution in [-0.4, -0.2) is 28.1 Å². The van der Waals surface area contributed by atoms with Crippen LogP contribution in [0.15, 0.2) is 54.6 Å². The number of amides is 2. The largest absolute Gasteiger partial charge is 0.322 e. The van der Waals surface area contributed by atoms with E-state index in [1.165, 1.54) is 0 Å². The fourth-order valence-corrected chi connectivity index (χ4v) is 3.62. The molecule has 0 spiro atoms. The summed E-state index contributed by atoms with van der Waals surface area (Å²) in [4.78, 5) is 26.2. The monoisotopic (exact) mass is 388 g/mol. The molecule has 0 atom stereocenters. The van der Waals surface area contributed by atoms with Gasteiger partial charge in [-0.3, -0.25) is 14.3 Å². The zero-order valence-electron chi connectivity index (χ0n) is 16.7. The summed E-state index contributed by atoms with van der Waals surface area (Å²) in [7, 11) is 0. The molecule has 2 amide bonds. The Bertz CT molecular complexity index is 1040. The van der Waals surface area contributed by atoms with Crippen molar-refractivity contribution in [2.45, 2.75) is 33.2 Å². The lowest BCUT2D eigenvalue weighted by molar-refractivity contribution is -0.117. The van der Waals surface area contributed by atoms with Gasteiger partial charge in [0.25, 0.3) is 5.91 Å². The van der Waals surface area contributed by atoms with E-state index in [0.717, 1.165) is 35.6 Å². The molecule has 0 unspecified atom stereocenters. The quantitative estimate of drug-likeness (QED) is 0.720. The first-order valence-corrected chi connectivity index (χ1v) is 9.81. The van der Waals surface area contributed by atoms with E-state index in [4.69, 9.17) is 0 Å². The standard InChI is InChI=1S/C23H24N4O2/c1-16-14-17(2)27(25-16)15-18-5-7-19(8-6-18)23(29)24-20-9-11-21(12-10-20)26-13-3-4-22(26)28/h5-12,14H,3-4,13,15H2,1-2H3,(H,24,29). The number of aromatic nitrogens is 2. The maximum atomic E-state index is 12.5. The van der Waals surface area contributed by atoms with Gasteiger partial charge in [0, 0.05) is 35.6 Å². The van der Waals surface area contributed by atoms with E-state index in [1.807, 2.05) is 73.1 Å². The van der Waals surface area contributed by atoms with E-state index in [-0.39, 0.29) is 11.8 Å². The Labute approximate surface area is 170 Å². The molecule has 1 aromatic heterocycles. The van der Waals surface area contributed by atoms with Gasteiger partial charge in [0.15, 0.2) is 0 Å². The van der Waals surface area contributed by atoms with Gasteiger partial charge in [-0.2, -0.15) is 5.10 Å². The van der Waals surface area contributed by atoms with Crippen LogP contribution in [0, 0.1) is 13.8 Å². The highest BCUT2D eigenvalue weighted by Gasteiger charge is 2.21. The Morgan fingerprint density at radius 1 is 1.07 bits per heavy atom. The molecule has 1 aliphatic heterocycles. The highest BCUT2D eigenvalue weighted by atomic mass is 16.2. The molecule has 4 rings (SSSR count). The van der Waals surface area contributed by atoms with Gasteiger partial charge in [0.2, 0.25) is 5.91 Å². The van der Waals surface area contributed by atoms with Gasteiger partial charge in [-0.1, -0.05) is 12.1 Å². The first-order valence-electron chi connectivity index (χ1n) is 9.81. The first kappa shape index (κ1) is 18.9. The van der Waals surface area contributed by atoms with Gasteiger partial charge in [-0.05, 0) is 68.3 Å². The zero-order valence-corrected chi connectivity index (χ0v) is 16.7. The van der Waals surface area contributed by atoms with Crippen LogP contribution < -0.4 is 10.2 Å². The van der Waals surface area contributed by atoms with E-state index >= 15 is 0 Å². The minimum absolute atomic E-state index is 0.155. The average molecular weight is 388 g/mol. The molecule has 1 saturated heterocycles. The van der Waals surface area contributed by atoms with Crippen molar-refractivity contribution in [3.8, 4) is 0 Å². The molecule has 0 bridgehead atoms. The summed E-state index contributed by atoms with van der Waals surface area (Å²) in [5.74, 6) is -0.00463. The van der Waals surface area contributed by atoms with E-state index in [0.29, 0.717) is 24.2 Å². The summed E-state index contributed by atoms with van der Waals surface area (Å²) in [6.45, 7) is 5.45. The molecule has 6 heteroatoms. The van der Waals surface area contributed by atoms with Crippen LogP contribution in [0.2, 0.25) is 0 Å². The van der Waals surface area contributed by atoms with E-state index in [2.05, 4.69) is 10.4 Å². The van der Waals surface area contributed by atoms with Crippen molar-refractivity contribution in [3.05, 3.63) is 77.1 Å². The van der Waals surface area contributed by atoms with Crippen LogP contribution >= 0.6 is 0 Å². The van der Waals surface area contributed by atoms with Gasteiger partial charge < -0.3 is 10.2 Å². The molecule has 0 aliphatic carbocycles. The van der Waals surface area contributed by atoms with Crippen molar-refractivity contribution in [2.24, 2.45) is 0 Å². The minimum Gasteiger partial charge on any atom is -0.322 e. The maximum absolute atomic E-state index is 12.5. The summed E-state index contributed by atoms with van der Waals surface area (Å²) >= 11 is 0. The average Bonchev–Trinajstić information content (AvgIpc) is 3.27. The Morgan fingerprint density at radius 2 is 1.79 bits per heavy atom. The summed E-state index contributed by atoms with van der Waals surface area (Å²) in [6, 6.07) is 17.0. The highest BCUT2D eigenvalue weighted by molar-refractivity contribution is 6.04. The molecule has 1 N–H and O–H groups in total. The normalized spacial score (nSPS) is 13.7. The van der Waals surface area contributed by atoms with Crippen molar-refractivity contribution < 1.29 is 9.59 Å². The number of nitrogens with zero attached hydrogens (tertiary/aromatic N) is 3. The van der Waals surface area contributed by atoms with Crippen LogP contribution in [0.4, 0.5) is 11.4 Å². The van der Waals surface area contributed by atoms with Crippen molar-refractivity contribution in [2.75, 3.05) is 16.8 Å². The Balaban J connectivity index is 1.39. The maximum Gasteiger partial charge on any atom is 0.255 e. The van der Waals surface area contributed by atoms with Crippen LogP contribution in [0.3, 0.4) is 0 Å². The van der Waals surface area contributed by atoms with Crippen molar-refractivity contribution in [1.29, 1.82) is 0 Å². The molecule has 6 nitrogen and oxygen atoms in total. The first-order chi connectivity index (χ1) is 14.0. The van der Waals surface area contributed by atoms with Gasteiger partial charge in [0.05, 0.1) is 12.2 Å². The van der Waals surface area contributed by atoms with Crippen LogP contribution in [0.5, 0.6) is 0 Å². The lowest BCUT2D eigenvalue weighted by Crippen LogP contribution is -2.23. The topological polar surface area (TPSA) is 67.2 Å². The van der Waals surface area contributed by atoms with Crippen molar-refractivity contribution in [1.82, 2.24) is 9.78 Å². The number of carbonyl (C=O) groups excluding carboxylic acids is 2. The zero-order chi connectivity index (χ0) is 20.4. The molecule has 0 saturated carbocycles. The van der Waals surface area contributed by atoms with Gasteiger partial charge in [-0.15, -0.1) is 0 Å². The second kappa shape index (κ2) is 7.91. The summed E-state index contributed by atoms with van der Waals surface area (Å²) in [6.07, 6.45) is 1.50. The number of aryl methyl sites for hydroxylation is 2. The fourth-order valence-electron chi connectivity index (χ4n) is 3.62. The molecule has 1 aliphatic rings. The Hall–Kier alpha value is -3.41. The molecule has 2 aromatic carbocycles. The number of rotatable bonds is 5. The predicted molar refractivity (Wildman–Crippen MR) is 113 cm³/mol. The summed E-state index contributed by atoms with van der Waals surface area (Å²) in [5, 5.41) is 7.38. The smallest absolute Gasteiger partial charge is 0.255 e. The van der Waals surface area contributed by atoms with E-state index in [1.54, 1.807) is 4.90 Å². The van der Waals surface area contributed by atoms with Crippen molar-refractivity contribution in [3.63, 3.8) is 0 Å². The fraction of sp³-hybridized carbons (Fsp3) is 0.261. The van der Waals surface area contributed by atoms with Gasteiger partial charge >= 0.3 is 0 Å². The van der Waals surface area contributed by atoms with E-state index in [9.17, 15) is 9.59 Å². The molecule has 1 fully saturated rings. The Morgan fingerprint density at radius 3 is 2.38 bits per heavy atom. The lowest BCUT2D eigenvalue weighted by Gasteiger charge is -2.16. The molecule has 2 heterocycles. The number of benzene rings is 2. The van der Waals surface area contributed by atoms with Gasteiger partial charge in [-0.25, -0.2) is 0 Å². The second-order valence-electron chi connectivity index (χ2n) is 7.43. The Kier molecular flexibility index (Phi) is 5.16. The molecule has 29 heavy (non-hydrogen) atoms. The minimum atomic E-state index is -0.160. The predicted octanol–water partition coefficient (Wildman–Crippen LogP) is 3.93. The molecule has 148 valence electrons. The summed E-state index contributed by atoms with van der Waals surface area (Å²) in [5.41, 5.74) is 5.38. The third kappa shape index (κ3) is 4.21. The second-order valence-corrected chi connectivity index (χ2v) is 7.43. The number of hydrogen-bond donors (Lipinski definition) is 1. The molecular weight excluding hydrogens is 364 g/mol. The molecule has 3 aromatic rings. The SMILES string of the molecule is Cc1cc(C)n(Cc2ccc(C(=O)Nc3ccc(N4CCCC4=O)cc3)cc2)n1.